The Morgan fingerprint density at radius 3 is 2.93 bits per heavy atom. The summed E-state index contributed by atoms with van der Waals surface area (Å²) in [6.07, 6.45) is 1.63. The highest BCUT2D eigenvalue weighted by Gasteiger charge is 2.03. The third-order valence-corrected chi connectivity index (χ3v) is 2.06. The van der Waals surface area contributed by atoms with Crippen LogP contribution < -0.4 is 10.2 Å². The molecule has 2 aromatic heterocycles. The fraction of sp³-hybridized carbons (Fsp3) is 0.111. The van der Waals surface area contributed by atoms with Crippen molar-refractivity contribution in [2.45, 2.75) is 0 Å². The normalized spacial score (nSPS) is 10.4. The molecule has 0 spiro atoms. The number of ether oxygens (including phenoxy) is 1. The van der Waals surface area contributed by atoms with Crippen LogP contribution in [-0.4, -0.2) is 24.9 Å². The van der Waals surface area contributed by atoms with Crippen LogP contribution in [0.3, 0.4) is 0 Å². The first-order chi connectivity index (χ1) is 6.70. The molecule has 0 unspecified atom stereocenters. The molecule has 0 aliphatic heterocycles. The van der Waals surface area contributed by atoms with Crippen LogP contribution in [0.4, 0.5) is 0 Å². The van der Waals surface area contributed by atoms with E-state index in [2.05, 4.69) is 9.97 Å². The second kappa shape index (κ2) is 3.46. The van der Waals surface area contributed by atoms with Gasteiger partial charge in [-0.1, -0.05) is 17.7 Å². The number of fused-ring (bicyclic) bond motifs is 1. The molecule has 0 bridgehead atoms. The molecular formula is C9H6BClN2O. The Balaban J connectivity index is 2.73. The SMILES string of the molecule is [B]c1cc2cnc(Cl)cc2nc1OC. The highest BCUT2D eigenvalue weighted by Crippen LogP contribution is 2.16. The molecule has 0 saturated heterocycles. The van der Waals surface area contributed by atoms with Crippen molar-refractivity contribution in [2.24, 2.45) is 0 Å². The fourth-order valence-corrected chi connectivity index (χ4v) is 1.36. The Labute approximate surface area is 87.5 Å². The van der Waals surface area contributed by atoms with Crippen molar-refractivity contribution in [1.82, 2.24) is 9.97 Å². The molecule has 14 heavy (non-hydrogen) atoms. The first kappa shape index (κ1) is 9.28. The maximum atomic E-state index is 5.73. The Hall–Kier alpha value is -1.29. The molecule has 0 saturated carbocycles. The molecule has 0 N–H and O–H groups in total. The highest BCUT2D eigenvalue weighted by atomic mass is 35.5. The van der Waals surface area contributed by atoms with Gasteiger partial charge in [-0.05, 0) is 5.46 Å². The molecule has 0 amide bonds. The monoisotopic (exact) mass is 204 g/mol. The Bertz CT molecular complexity index is 489. The van der Waals surface area contributed by atoms with Gasteiger partial charge in [0.25, 0.3) is 0 Å². The molecular weight excluding hydrogens is 198 g/mol. The molecule has 3 nitrogen and oxygen atoms in total. The van der Waals surface area contributed by atoms with Crippen LogP contribution >= 0.6 is 11.6 Å². The van der Waals surface area contributed by atoms with Gasteiger partial charge in [0, 0.05) is 17.6 Å². The van der Waals surface area contributed by atoms with E-state index >= 15 is 0 Å². The van der Waals surface area contributed by atoms with E-state index < -0.39 is 0 Å². The van der Waals surface area contributed by atoms with Gasteiger partial charge in [-0.25, -0.2) is 9.97 Å². The van der Waals surface area contributed by atoms with E-state index in [1.165, 1.54) is 7.11 Å². The predicted octanol–water partition coefficient (Wildman–Crippen LogP) is 1.09. The van der Waals surface area contributed by atoms with E-state index in [9.17, 15) is 0 Å². The van der Waals surface area contributed by atoms with Crippen LogP contribution in [0.25, 0.3) is 10.9 Å². The largest absolute Gasteiger partial charge is 0.481 e. The molecule has 2 rings (SSSR count). The van der Waals surface area contributed by atoms with Crippen LogP contribution in [0.15, 0.2) is 18.3 Å². The summed E-state index contributed by atoms with van der Waals surface area (Å²) < 4.78 is 4.99. The van der Waals surface area contributed by atoms with Gasteiger partial charge >= 0.3 is 0 Å². The summed E-state index contributed by atoms with van der Waals surface area (Å²) >= 11 is 5.73. The number of hydrogen-bond acceptors (Lipinski definition) is 3. The molecule has 2 aromatic rings. The zero-order valence-corrected chi connectivity index (χ0v) is 8.25. The van der Waals surface area contributed by atoms with Gasteiger partial charge in [-0.15, -0.1) is 0 Å². The highest BCUT2D eigenvalue weighted by molar-refractivity contribution is 6.35. The molecule has 0 atom stereocenters. The number of rotatable bonds is 1. The summed E-state index contributed by atoms with van der Waals surface area (Å²) in [7, 11) is 7.21. The van der Waals surface area contributed by atoms with Crippen molar-refractivity contribution >= 4 is 35.8 Å². The van der Waals surface area contributed by atoms with E-state index in [1.54, 1.807) is 18.3 Å². The third-order valence-electron chi connectivity index (χ3n) is 1.85. The van der Waals surface area contributed by atoms with Crippen LogP contribution in [0.1, 0.15) is 0 Å². The standard InChI is InChI=1S/C9H6BClN2O/c1-14-9-6(10)2-5-4-12-8(11)3-7(5)13-9/h2-4H,1H3. The summed E-state index contributed by atoms with van der Waals surface area (Å²) in [4.78, 5) is 8.12. The van der Waals surface area contributed by atoms with Crippen LogP contribution in [0.2, 0.25) is 5.15 Å². The van der Waals surface area contributed by atoms with Crippen LogP contribution in [0, 0.1) is 0 Å². The lowest BCUT2D eigenvalue weighted by molar-refractivity contribution is 0.403. The number of halogens is 1. The molecule has 2 heterocycles. The predicted molar refractivity (Wildman–Crippen MR) is 56.5 cm³/mol. The third kappa shape index (κ3) is 1.53. The van der Waals surface area contributed by atoms with E-state index in [4.69, 9.17) is 24.2 Å². The van der Waals surface area contributed by atoms with Gasteiger partial charge in [0.2, 0.25) is 5.88 Å². The zero-order valence-electron chi connectivity index (χ0n) is 7.49. The maximum absolute atomic E-state index is 5.73. The fourth-order valence-electron chi connectivity index (χ4n) is 1.21. The molecule has 2 radical (unpaired) electrons. The second-order valence-electron chi connectivity index (χ2n) is 2.79. The maximum Gasteiger partial charge on any atom is 0.206 e. The summed E-state index contributed by atoms with van der Waals surface area (Å²) in [5.41, 5.74) is 1.21. The minimum Gasteiger partial charge on any atom is -0.481 e. The van der Waals surface area contributed by atoms with Crippen molar-refractivity contribution in [1.29, 1.82) is 0 Å². The van der Waals surface area contributed by atoms with Crippen LogP contribution in [0.5, 0.6) is 5.88 Å². The molecule has 0 fully saturated rings. The Morgan fingerprint density at radius 2 is 2.21 bits per heavy atom. The minimum absolute atomic E-state index is 0.400. The molecule has 0 aliphatic rings. The molecule has 5 heteroatoms. The summed E-state index contributed by atoms with van der Waals surface area (Å²) in [5.74, 6) is 0.403. The summed E-state index contributed by atoms with van der Waals surface area (Å²) in [5, 5.41) is 1.24. The van der Waals surface area contributed by atoms with Crippen molar-refractivity contribution in [2.75, 3.05) is 7.11 Å². The zero-order chi connectivity index (χ0) is 10.1. The van der Waals surface area contributed by atoms with Gasteiger partial charge in [0.05, 0.1) is 12.6 Å². The van der Waals surface area contributed by atoms with Gasteiger partial charge in [0.15, 0.2) is 0 Å². The Morgan fingerprint density at radius 1 is 1.43 bits per heavy atom. The van der Waals surface area contributed by atoms with Crippen LogP contribution in [-0.2, 0) is 0 Å². The summed E-state index contributed by atoms with van der Waals surface area (Å²) in [6.45, 7) is 0. The smallest absolute Gasteiger partial charge is 0.206 e. The van der Waals surface area contributed by atoms with E-state index in [0.717, 1.165) is 10.9 Å². The average Bonchev–Trinajstić information content (AvgIpc) is 2.17. The molecule has 0 aliphatic carbocycles. The van der Waals surface area contributed by atoms with Crippen molar-refractivity contribution in [3.05, 3.63) is 23.5 Å². The second-order valence-corrected chi connectivity index (χ2v) is 3.17. The molecule has 0 aromatic carbocycles. The van der Waals surface area contributed by atoms with E-state index in [0.29, 0.717) is 16.5 Å². The van der Waals surface area contributed by atoms with Gasteiger partial charge in [-0.2, -0.15) is 0 Å². The van der Waals surface area contributed by atoms with E-state index in [1.807, 2.05) is 0 Å². The number of nitrogens with zero attached hydrogens (tertiary/aromatic N) is 2. The number of methoxy groups -OCH3 is 1. The van der Waals surface area contributed by atoms with Gasteiger partial charge < -0.3 is 4.74 Å². The first-order valence-corrected chi connectivity index (χ1v) is 4.34. The molecule has 68 valence electrons. The van der Waals surface area contributed by atoms with Gasteiger partial charge in [-0.3, -0.25) is 0 Å². The quantitative estimate of drug-likeness (QED) is 0.515. The number of hydrogen-bond donors (Lipinski definition) is 0. The first-order valence-electron chi connectivity index (χ1n) is 3.96. The number of pyridine rings is 2. The van der Waals surface area contributed by atoms with Gasteiger partial charge in [0.1, 0.15) is 13.0 Å². The minimum atomic E-state index is 0.400. The summed E-state index contributed by atoms with van der Waals surface area (Å²) in [6, 6.07) is 3.42. The topological polar surface area (TPSA) is 35.0 Å². The lowest BCUT2D eigenvalue weighted by atomic mass is 9.96. The van der Waals surface area contributed by atoms with Crippen molar-refractivity contribution < 1.29 is 4.74 Å². The average molecular weight is 204 g/mol. The van der Waals surface area contributed by atoms with Crippen molar-refractivity contribution in [3.8, 4) is 5.88 Å². The lowest BCUT2D eigenvalue weighted by Gasteiger charge is -2.05. The van der Waals surface area contributed by atoms with E-state index in [-0.39, 0.29) is 0 Å². The lowest BCUT2D eigenvalue weighted by Crippen LogP contribution is -2.09. The van der Waals surface area contributed by atoms with Crippen molar-refractivity contribution in [3.63, 3.8) is 0 Å². The Kier molecular flexibility index (Phi) is 2.29. The number of aromatic nitrogens is 2.